The van der Waals surface area contributed by atoms with Gasteiger partial charge >= 0.3 is 17.9 Å². The lowest BCUT2D eigenvalue weighted by molar-refractivity contribution is -0.227. The summed E-state index contributed by atoms with van der Waals surface area (Å²) in [4.78, 5) is 36.7. The average molecular weight is 603 g/mol. The molecule has 0 heterocycles. The van der Waals surface area contributed by atoms with Crippen LogP contribution >= 0.6 is 0 Å². The molecule has 0 bridgehead atoms. The van der Waals surface area contributed by atoms with E-state index in [0.29, 0.717) is 17.8 Å². The zero-order valence-electron chi connectivity index (χ0n) is 27.3. The van der Waals surface area contributed by atoms with Crippen molar-refractivity contribution in [2.75, 3.05) is 0 Å². The van der Waals surface area contributed by atoms with Crippen LogP contribution in [0.1, 0.15) is 126 Å². The molecule has 5 aliphatic carbocycles. The molecular formula is C38H50O6. The second kappa shape index (κ2) is 9.80. The normalized spacial score (nSPS) is 42.1. The summed E-state index contributed by atoms with van der Waals surface area (Å²) in [6.07, 6.45) is 11.0. The second-order valence-corrected chi connectivity index (χ2v) is 16.6. The fourth-order valence-electron chi connectivity index (χ4n) is 12.7. The fraction of sp³-hybridized carbons (Fsp3) is 0.658. The molecule has 5 aliphatic rings. The molecule has 0 aliphatic heterocycles. The summed E-state index contributed by atoms with van der Waals surface area (Å²) in [5.41, 5.74) is 2.07. The number of carboxylic acids is 3. The van der Waals surface area contributed by atoms with Crippen molar-refractivity contribution in [3.8, 4) is 0 Å². The maximum Gasteiger partial charge on any atom is 0.336 e. The Morgan fingerprint density at radius 1 is 0.795 bits per heavy atom. The molecule has 1 aromatic carbocycles. The molecule has 44 heavy (non-hydrogen) atoms. The molecule has 4 saturated carbocycles. The molecule has 9 atom stereocenters. The van der Waals surface area contributed by atoms with Gasteiger partial charge in [0.1, 0.15) is 0 Å². The molecule has 0 saturated heterocycles. The molecule has 0 radical (unpaired) electrons. The van der Waals surface area contributed by atoms with Gasteiger partial charge in [-0.15, -0.1) is 0 Å². The van der Waals surface area contributed by atoms with Crippen molar-refractivity contribution >= 4 is 23.5 Å². The summed E-state index contributed by atoms with van der Waals surface area (Å²) in [6.45, 7) is 18.6. The lowest BCUT2D eigenvalue weighted by Gasteiger charge is -2.72. The number of hydrogen-bond acceptors (Lipinski definition) is 3. The van der Waals surface area contributed by atoms with Crippen LogP contribution in [-0.4, -0.2) is 33.2 Å². The highest BCUT2D eigenvalue weighted by molar-refractivity contribution is 6.02. The summed E-state index contributed by atoms with van der Waals surface area (Å²) in [5, 5.41) is 30.0. The number of aromatic carboxylic acids is 2. The summed E-state index contributed by atoms with van der Waals surface area (Å²) >= 11 is 0. The number of hydrogen-bond donors (Lipinski definition) is 3. The van der Waals surface area contributed by atoms with E-state index >= 15 is 0 Å². The van der Waals surface area contributed by atoms with E-state index in [2.05, 4.69) is 54.2 Å². The molecule has 3 N–H and O–H groups in total. The van der Waals surface area contributed by atoms with Gasteiger partial charge < -0.3 is 15.3 Å². The second-order valence-electron chi connectivity index (χ2n) is 16.6. The Hall–Kier alpha value is -2.89. The number of carboxylic acid groups (broad SMARTS) is 3. The van der Waals surface area contributed by atoms with Gasteiger partial charge in [-0.3, -0.25) is 4.79 Å². The highest BCUT2D eigenvalue weighted by atomic mass is 16.4. The van der Waals surface area contributed by atoms with Crippen molar-refractivity contribution in [1.29, 1.82) is 0 Å². The van der Waals surface area contributed by atoms with Crippen LogP contribution in [0.3, 0.4) is 0 Å². The minimum absolute atomic E-state index is 0.0510. The van der Waals surface area contributed by atoms with Crippen molar-refractivity contribution in [3.05, 3.63) is 53.1 Å². The van der Waals surface area contributed by atoms with Crippen molar-refractivity contribution in [3.63, 3.8) is 0 Å². The zero-order chi connectivity index (χ0) is 32.2. The van der Waals surface area contributed by atoms with Crippen LogP contribution < -0.4 is 0 Å². The summed E-state index contributed by atoms with van der Waals surface area (Å²) < 4.78 is 0. The number of fused-ring (bicyclic) bond motifs is 7. The first kappa shape index (κ1) is 31.1. The third kappa shape index (κ3) is 3.87. The van der Waals surface area contributed by atoms with E-state index in [4.69, 9.17) is 0 Å². The van der Waals surface area contributed by atoms with Crippen LogP contribution in [0.4, 0.5) is 0 Å². The van der Waals surface area contributed by atoms with Gasteiger partial charge in [-0.25, -0.2) is 9.59 Å². The zero-order valence-corrected chi connectivity index (χ0v) is 27.3. The highest BCUT2D eigenvalue weighted by Gasteiger charge is 2.71. The Labute approximate surface area is 262 Å². The molecule has 238 valence electrons. The number of benzene rings is 1. The first-order valence-corrected chi connectivity index (χ1v) is 16.7. The Balaban J connectivity index is 1.38. The summed E-state index contributed by atoms with van der Waals surface area (Å²) in [7, 11) is 0. The Morgan fingerprint density at radius 2 is 1.48 bits per heavy atom. The van der Waals surface area contributed by atoms with Gasteiger partial charge in [0.05, 0.1) is 16.5 Å². The number of allylic oxidation sites excluding steroid dienone is 3. The molecule has 0 spiro atoms. The molecule has 1 aromatic rings. The van der Waals surface area contributed by atoms with Crippen molar-refractivity contribution in [2.45, 2.75) is 99.3 Å². The average Bonchev–Trinajstić information content (AvgIpc) is 3.34. The Bertz CT molecular complexity index is 1490. The van der Waals surface area contributed by atoms with E-state index in [-0.39, 0.29) is 44.6 Å². The van der Waals surface area contributed by atoms with E-state index in [1.807, 2.05) is 0 Å². The first-order chi connectivity index (χ1) is 20.5. The van der Waals surface area contributed by atoms with Gasteiger partial charge in [-0.1, -0.05) is 58.9 Å². The Kier molecular flexibility index (Phi) is 6.93. The van der Waals surface area contributed by atoms with Crippen LogP contribution in [0.5, 0.6) is 0 Å². The molecule has 6 rings (SSSR count). The van der Waals surface area contributed by atoms with Crippen LogP contribution in [-0.2, 0) is 4.79 Å². The van der Waals surface area contributed by atoms with Gasteiger partial charge in [0.25, 0.3) is 0 Å². The van der Waals surface area contributed by atoms with E-state index in [0.717, 1.165) is 74.5 Å². The van der Waals surface area contributed by atoms with Gasteiger partial charge in [0, 0.05) is 0 Å². The van der Waals surface area contributed by atoms with E-state index < -0.39 is 23.3 Å². The van der Waals surface area contributed by atoms with Gasteiger partial charge in [-0.05, 0) is 139 Å². The number of carbonyl (C=O) groups is 3. The van der Waals surface area contributed by atoms with E-state index in [1.165, 1.54) is 6.07 Å². The monoisotopic (exact) mass is 602 g/mol. The topological polar surface area (TPSA) is 112 Å². The van der Waals surface area contributed by atoms with Crippen molar-refractivity contribution in [1.82, 2.24) is 0 Å². The molecule has 0 amide bonds. The third-order valence-electron chi connectivity index (χ3n) is 14.9. The lowest BCUT2D eigenvalue weighted by Crippen LogP contribution is -2.65. The predicted octanol–water partition coefficient (Wildman–Crippen LogP) is 8.82. The van der Waals surface area contributed by atoms with Crippen LogP contribution in [0.2, 0.25) is 0 Å². The van der Waals surface area contributed by atoms with Crippen molar-refractivity contribution in [2.24, 2.45) is 56.7 Å². The smallest absolute Gasteiger partial charge is 0.336 e. The molecule has 0 unspecified atom stereocenters. The molecular weight excluding hydrogens is 552 g/mol. The van der Waals surface area contributed by atoms with E-state index in [1.54, 1.807) is 12.1 Å². The van der Waals surface area contributed by atoms with Gasteiger partial charge in [0.15, 0.2) is 0 Å². The molecule has 6 heteroatoms. The SMILES string of the molecule is C=C(C)[C@@H]1CC[C@]2(C(=O)O)CC[C@]3(C)[C@H](CC[C@@H]4[C@@]5(C)CC=C(c6ccc(C(=O)O)c(C(=O)O)c6)C(C)(C)[C@@H]5CC[C@]43C)[C@@H]12. The summed E-state index contributed by atoms with van der Waals surface area (Å²) in [6, 6.07) is 4.77. The maximum atomic E-state index is 12.9. The van der Waals surface area contributed by atoms with E-state index in [9.17, 15) is 29.7 Å². The highest BCUT2D eigenvalue weighted by Crippen LogP contribution is 2.77. The lowest BCUT2D eigenvalue weighted by atomic mass is 9.32. The van der Waals surface area contributed by atoms with Crippen LogP contribution in [0.15, 0.2) is 36.4 Å². The Morgan fingerprint density at radius 3 is 2.09 bits per heavy atom. The summed E-state index contributed by atoms with van der Waals surface area (Å²) in [5.74, 6) is -1.35. The largest absolute Gasteiger partial charge is 0.481 e. The van der Waals surface area contributed by atoms with Crippen LogP contribution in [0.25, 0.3) is 5.57 Å². The van der Waals surface area contributed by atoms with Gasteiger partial charge in [0.2, 0.25) is 0 Å². The van der Waals surface area contributed by atoms with Crippen LogP contribution in [0, 0.1) is 56.7 Å². The molecule has 0 aromatic heterocycles. The minimum Gasteiger partial charge on any atom is -0.481 e. The number of aliphatic carboxylic acids is 1. The first-order valence-electron chi connectivity index (χ1n) is 16.7. The van der Waals surface area contributed by atoms with Gasteiger partial charge in [-0.2, -0.15) is 0 Å². The standard InChI is InChI=1S/C38H50O6/c1-21(2)23-12-17-38(33(43)44)19-18-36(6)27(30(23)38)10-11-29-35(5)15-13-26(34(3,4)28(35)14-16-37(29,36)7)22-8-9-24(31(39)40)25(20-22)32(41)42/h8-9,13,20,23,27-30H,1,10-12,14-19H2,2-7H3,(H,39,40)(H,41,42)(H,43,44)/t23-,27+,28-,29+,30+,35-,36+,37+,38-/m0/s1. The minimum atomic E-state index is -1.23. The maximum absolute atomic E-state index is 12.9. The molecule has 4 fully saturated rings. The fourth-order valence-corrected chi connectivity index (χ4v) is 12.7. The number of rotatable bonds is 5. The quantitative estimate of drug-likeness (QED) is 0.290. The predicted molar refractivity (Wildman–Crippen MR) is 170 cm³/mol. The molecule has 6 nitrogen and oxygen atoms in total. The van der Waals surface area contributed by atoms with Crippen molar-refractivity contribution < 1.29 is 29.7 Å². The third-order valence-corrected chi connectivity index (χ3v) is 14.9.